The van der Waals surface area contributed by atoms with Crippen molar-refractivity contribution in [1.82, 2.24) is 10.3 Å². The zero-order valence-electron chi connectivity index (χ0n) is 11.2. The third-order valence-electron chi connectivity index (χ3n) is 2.94. The first kappa shape index (κ1) is 13.2. The Morgan fingerprint density at radius 1 is 1.33 bits per heavy atom. The van der Waals surface area contributed by atoms with Crippen molar-refractivity contribution in [2.75, 3.05) is 6.54 Å². The summed E-state index contributed by atoms with van der Waals surface area (Å²) >= 11 is 1.75. The first-order valence-corrected chi connectivity index (χ1v) is 7.28. The number of nitrogens with one attached hydrogen (secondary N) is 1. The molecular formula is C15H20N2S. The lowest BCUT2D eigenvalue weighted by Crippen LogP contribution is -2.23. The molecule has 0 amide bonds. The molecule has 1 heterocycles. The van der Waals surface area contributed by atoms with E-state index in [2.05, 4.69) is 60.7 Å². The minimum atomic E-state index is 0.362. The van der Waals surface area contributed by atoms with E-state index in [1.54, 1.807) is 11.3 Å². The maximum absolute atomic E-state index is 4.56. The molecule has 2 aromatic rings. The fraction of sp³-hybridized carbons (Fsp3) is 0.400. The molecule has 0 aliphatic rings. The lowest BCUT2D eigenvalue weighted by Gasteiger charge is -2.17. The van der Waals surface area contributed by atoms with Gasteiger partial charge in [0.05, 0.1) is 5.01 Å². The van der Waals surface area contributed by atoms with Gasteiger partial charge in [0.25, 0.3) is 0 Å². The SMILES string of the molecule is CCNC(Cc1nc(C)cs1)c1cccc(C)c1. The van der Waals surface area contributed by atoms with Gasteiger partial charge in [-0.3, -0.25) is 0 Å². The van der Waals surface area contributed by atoms with E-state index in [0.29, 0.717) is 6.04 Å². The molecule has 1 aromatic carbocycles. The Morgan fingerprint density at radius 2 is 2.17 bits per heavy atom. The van der Waals surface area contributed by atoms with Crippen LogP contribution < -0.4 is 5.32 Å². The monoisotopic (exact) mass is 260 g/mol. The van der Waals surface area contributed by atoms with Crippen LogP contribution in [0.15, 0.2) is 29.6 Å². The number of rotatable bonds is 5. The molecule has 1 N–H and O–H groups in total. The summed E-state index contributed by atoms with van der Waals surface area (Å²) in [7, 11) is 0. The topological polar surface area (TPSA) is 24.9 Å². The number of benzene rings is 1. The minimum Gasteiger partial charge on any atom is -0.310 e. The van der Waals surface area contributed by atoms with Crippen LogP contribution in [-0.4, -0.2) is 11.5 Å². The number of thiazole rings is 1. The standard InChI is InChI=1S/C15H20N2S/c1-4-16-14(9-15-17-12(3)10-18-15)13-7-5-6-11(2)8-13/h5-8,10,14,16H,4,9H2,1-3H3. The van der Waals surface area contributed by atoms with E-state index < -0.39 is 0 Å². The molecule has 0 saturated heterocycles. The van der Waals surface area contributed by atoms with Crippen LogP contribution in [-0.2, 0) is 6.42 Å². The Kier molecular flexibility index (Phi) is 4.50. The first-order valence-electron chi connectivity index (χ1n) is 6.40. The predicted octanol–water partition coefficient (Wildman–Crippen LogP) is 3.65. The van der Waals surface area contributed by atoms with Crippen LogP contribution in [0.25, 0.3) is 0 Å². The average Bonchev–Trinajstić information content (AvgIpc) is 2.74. The van der Waals surface area contributed by atoms with Gasteiger partial charge in [0.2, 0.25) is 0 Å². The van der Waals surface area contributed by atoms with Crippen molar-refractivity contribution >= 4 is 11.3 Å². The van der Waals surface area contributed by atoms with Crippen LogP contribution in [0.4, 0.5) is 0 Å². The molecule has 0 aliphatic carbocycles. The third-order valence-corrected chi connectivity index (χ3v) is 3.93. The molecule has 0 fully saturated rings. The van der Waals surface area contributed by atoms with Gasteiger partial charge in [0.15, 0.2) is 0 Å². The molecule has 3 heteroatoms. The fourth-order valence-electron chi connectivity index (χ4n) is 2.11. The minimum absolute atomic E-state index is 0.362. The van der Waals surface area contributed by atoms with Crippen molar-refractivity contribution < 1.29 is 0 Å². The predicted molar refractivity (Wildman–Crippen MR) is 78.2 cm³/mol. The molecule has 0 aliphatic heterocycles. The summed E-state index contributed by atoms with van der Waals surface area (Å²) < 4.78 is 0. The highest BCUT2D eigenvalue weighted by molar-refractivity contribution is 7.09. The molecular weight excluding hydrogens is 240 g/mol. The van der Waals surface area contributed by atoms with Crippen LogP contribution in [0, 0.1) is 13.8 Å². The summed E-state index contributed by atoms with van der Waals surface area (Å²) in [6.45, 7) is 7.31. The zero-order valence-corrected chi connectivity index (χ0v) is 12.1. The van der Waals surface area contributed by atoms with Gasteiger partial charge in [0, 0.05) is 23.5 Å². The van der Waals surface area contributed by atoms with Gasteiger partial charge in [0.1, 0.15) is 0 Å². The highest BCUT2D eigenvalue weighted by atomic mass is 32.1. The van der Waals surface area contributed by atoms with Gasteiger partial charge in [-0.1, -0.05) is 36.8 Å². The molecule has 2 nitrogen and oxygen atoms in total. The van der Waals surface area contributed by atoms with E-state index in [-0.39, 0.29) is 0 Å². The highest BCUT2D eigenvalue weighted by Crippen LogP contribution is 2.21. The van der Waals surface area contributed by atoms with E-state index in [0.717, 1.165) is 18.7 Å². The Balaban J connectivity index is 2.17. The molecule has 2 rings (SSSR count). The largest absolute Gasteiger partial charge is 0.310 e. The number of nitrogens with zero attached hydrogens (tertiary/aromatic N) is 1. The van der Waals surface area contributed by atoms with Crippen molar-refractivity contribution in [3.05, 3.63) is 51.5 Å². The van der Waals surface area contributed by atoms with Gasteiger partial charge in [-0.05, 0) is 26.0 Å². The number of aromatic nitrogens is 1. The normalized spacial score (nSPS) is 12.6. The number of hydrogen-bond donors (Lipinski definition) is 1. The van der Waals surface area contributed by atoms with Crippen molar-refractivity contribution in [1.29, 1.82) is 0 Å². The summed E-state index contributed by atoms with van der Waals surface area (Å²) in [6, 6.07) is 9.08. The number of hydrogen-bond acceptors (Lipinski definition) is 3. The van der Waals surface area contributed by atoms with Crippen LogP contribution in [0.1, 0.15) is 34.8 Å². The summed E-state index contributed by atoms with van der Waals surface area (Å²) in [5.41, 5.74) is 3.78. The van der Waals surface area contributed by atoms with Crippen molar-refractivity contribution in [3.63, 3.8) is 0 Å². The number of aryl methyl sites for hydroxylation is 2. The maximum Gasteiger partial charge on any atom is 0.0947 e. The highest BCUT2D eigenvalue weighted by Gasteiger charge is 2.13. The van der Waals surface area contributed by atoms with E-state index in [9.17, 15) is 0 Å². The quantitative estimate of drug-likeness (QED) is 0.887. The molecule has 96 valence electrons. The summed E-state index contributed by atoms with van der Waals surface area (Å²) in [5, 5.41) is 6.88. The van der Waals surface area contributed by atoms with Gasteiger partial charge in [-0.25, -0.2) is 4.98 Å². The van der Waals surface area contributed by atoms with Gasteiger partial charge in [-0.15, -0.1) is 11.3 Å². The van der Waals surface area contributed by atoms with Crippen LogP contribution in [0.2, 0.25) is 0 Å². The van der Waals surface area contributed by atoms with E-state index >= 15 is 0 Å². The van der Waals surface area contributed by atoms with Gasteiger partial charge < -0.3 is 5.32 Å². The molecule has 0 spiro atoms. The molecule has 0 radical (unpaired) electrons. The van der Waals surface area contributed by atoms with Crippen molar-refractivity contribution in [3.8, 4) is 0 Å². The Morgan fingerprint density at radius 3 is 2.78 bits per heavy atom. The lowest BCUT2D eigenvalue weighted by molar-refractivity contribution is 0.548. The molecule has 0 saturated carbocycles. The Bertz CT molecular complexity index is 505. The molecule has 1 aromatic heterocycles. The summed E-state index contributed by atoms with van der Waals surface area (Å²) in [4.78, 5) is 4.56. The summed E-state index contributed by atoms with van der Waals surface area (Å²) in [6.07, 6.45) is 0.968. The molecule has 18 heavy (non-hydrogen) atoms. The Hall–Kier alpha value is -1.19. The smallest absolute Gasteiger partial charge is 0.0947 e. The zero-order chi connectivity index (χ0) is 13.0. The van der Waals surface area contributed by atoms with Crippen molar-refractivity contribution in [2.24, 2.45) is 0 Å². The maximum atomic E-state index is 4.56. The van der Waals surface area contributed by atoms with Gasteiger partial charge >= 0.3 is 0 Å². The van der Waals surface area contributed by atoms with E-state index in [1.165, 1.54) is 16.1 Å². The van der Waals surface area contributed by atoms with E-state index in [1.807, 2.05) is 0 Å². The first-order chi connectivity index (χ1) is 8.69. The van der Waals surface area contributed by atoms with Crippen LogP contribution >= 0.6 is 11.3 Å². The van der Waals surface area contributed by atoms with E-state index in [4.69, 9.17) is 0 Å². The average molecular weight is 260 g/mol. The van der Waals surface area contributed by atoms with Gasteiger partial charge in [-0.2, -0.15) is 0 Å². The third kappa shape index (κ3) is 3.40. The second kappa shape index (κ2) is 6.12. The molecule has 0 bridgehead atoms. The summed E-state index contributed by atoms with van der Waals surface area (Å²) in [5.74, 6) is 0. The molecule has 1 unspecified atom stereocenters. The molecule has 1 atom stereocenters. The second-order valence-corrected chi connectivity index (χ2v) is 5.55. The van der Waals surface area contributed by atoms with Crippen molar-refractivity contribution in [2.45, 2.75) is 33.2 Å². The second-order valence-electron chi connectivity index (χ2n) is 4.61. The van der Waals surface area contributed by atoms with Crippen LogP contribution in [0.5, 0.6) is 0 Å². The Labute approximate surface area is 113 Å². The van der Waals surface area contributed by atoms with Crippen LogP contribution in [0.3, 0.4) is 0 Å². The fourth-order valence-corrected chi connectivity index (χ4v) is 2.93. The number of likely N-dealkylation sites (N-methyl/N-ethyl adjacent to an activating group) is 1. The lowest BCUT2D eigenvalue weighted by atomic mass is 10.0.